The third kappa shape index (κ3) is 5.87. The first-order valence-corrected chi connectivity index (χ1v) is 8.68. The number of carbonyl (C=O) groups excluding carboxylic acids is 2. The number of rotatable bonds is 8. The monoisotopic (exact) mass is 333 g/mol. The van der Waals surface area contributed by atoms with Gasteiger partial charge in [-0.2, -0.15) is 0 Å². The number of carbonyl (C=O) groups is 2. The summed E-state index contributed by atoms with van der Waals surface area (Å²) in [4.78, 5) is 23.9. The molecule has 132 valence electrons. The predicted molar refractivity (Wildman–Crippen MR) is 91.6 cm³/mol. The summed E-state index contributed by atoms with van der Waals surface area (Å²) in [5.41, 5.74) is 0.962. The van der Waals surface area contributed by atoms with Crippen LogP contribution >= 0.6 is 0 Å². The Labute approximate surface area is 143 Å². The maximum absolute atomic E-state index is 12.0. The molecule has 1 fully saturated rings. The Morgan fingerprint density at radius 1 is 1.21 bits per heavy atom. The highest BCUT2D eigenvalue weighted by atomic mass is 16.5. The van der Waals surface area contributed by atoms with Crippen LogP contribution in [0.5, 0.6) is 5.75 Å². The van der Waals surface area contributed by atoms with E-state index in [0.29, 0.717) is 18.9 Å². The van der Waals surface area contributed by atoms with Crippen molar-refractivity contribution in [3.8, 4) is 5.75 Å². The first kappa shape index (κ1) is 18.3. The van der Waals surface area contributed by atoms with Crippen LogP contribution in [-0.4, -0.2) is 25.1 Å². The molecule has 0 aliphatic heterocycles. The Hall–Kier alpha value is -2.04. The Morgan fingerprint density at radius 2 is 1.88 bits per heavy atom. The average molecular weight is 333 g/mol. The van der Waals surface area contributed by atoms with Gasteiger partial charge in [-0.25, -0.2) is 0 Å². The summed E-state index contributed by atoms with van der Waals surface area (Å²) in [5.74, 6) is 0.862. The first-order valence-electron chi connectivity index (χ1n) is 8.68. The summed E-state index contributed by atoms with van der Waals surface area (Å²) < 4.78 is 10.3. The number of benzene rings is 1. The van der Waals surface area contributed by atoms with E-state index in [2.05, 4.69) is 5.32 Å². The summed E-state index contributed by atoms with van der Waals surface area (Å²) in [5, 5.41) is 2.78. The molecule has 1 aliphatic rings. The summed E-state index contributed by atoms with van der Waals surface area (Å²) >= 11 is 0. The molecule has 24 heavy (non-hydrogen) atoms. The molecule has 0 saturated heterocycles. The van der Waals surface area contributed by atoms with E-state index >= 15 is 0 Å². The Kier molecular flexibility index (Phi) is 7.09. The highest BCUT2D eigenvalue weighted by Gasteiger charge is 2.20. The third-order valence-corrected chi connectivity index (χ3v) is 4.53. The fourth-order valence-corrected chi connectivity index (χ4v) is 3.01. The van der Waals surface area contributed by atoms with Crippen molar-refractivity contribution in [1.82, 2.24) is 5.32 Å². The minimum absolute atomic E-state index is 0.278. The Bertz CT molecular complexity index is 535. The smallest absolute Gasteiger partial charge is 0.306 e. The van der Waals surface area contributed by atoms with Gasteiger partial charge in [0.15, 0.2) is 6.10 Å². The quantitative estimate of drug-likeness (QED) is 0.742. The molecule has 0 spiro atoms. The van der Waals surface area contributed by atoms with Crippen LogP contribution < -0.4 is 10.1 Å². The number of ether oxygens (including phenoxy) is 2. The number of esters is 1. The molecule has 1 atom stereocenters. The molecule has 0 radical (unpaired) electrons. The van der Waals surface area contributed by atoms with Crippen LogP contribution in [0.25, 0.3) is 0 Å². The zero-order valence-electron chi connectivity index (χ0n) is 14.5. The molecule has 5 nitrogen and oxygen atoms in total. The second kappa shape index (κ2) is 9.30. The fraction of sp³-hybridized carbons (Fsp3) is 0.579. The summed E-state index contributed by atoms with van der Waals surface area (Å²) in [6.45, 7) is 2.00. The fourth-order valence-electron chi connectivity index (χ4n) is 3.01. The van der Waals surface area contributed by atoms with Gasteiger partial charge in [-0.1, -0.05) is 37.8 Å². The van der Waals surface area contributed by atoms with E-state index in [-0.39, 0.29) is 11.9 Å². The third-order valence-electron chi connectivity index (χ3n) is 4.53. The SMILES string of the molecule is COc1ccc(CNC(=O)[C@@H](C)OC(=O)CCC2CCCC2)cc1. The Morgan fingerprint density at radius 3 is 2.50 bits per heavy atom. The standard InChI is InChI=1S/C19H27NO4/c1-14(24-18(21)12-9-15-5-3-4-6-15)19(22)20-13-16-7-10-17(23-2)11-8-16/h7-8,10-11,14-15H,3-6,9,12-13H2,1-2H3,(H,20,22)/t14-/m1/s1. The van der Waals surface area contributed by atoms with Crippen LogP contribution in [0.2, 0.25) is 0 Å². The van der Waals surface area contributed by atoms with Crippen molar-refractivity contribution >= 4 is 11.9 Å². The molecule has 1 aliphatic carbocycles. The Balaban J connectivity index is 1.67. The largest absolute Gasteiger partial charge is 0.497 e. The van der Waals surface area contributed by atoms with Gasteiger partial charge in [0.25, 0.3) is 5.91 Å². The van der Waals surface area contributed by atoms with Gasteiger partial charge in [0.05, 0.1) is 7.11 Å². The molecule has 1 saturated carbocycles. The van der Waals surface area contributed by atoms with E-state index in [1.807, 2.05) is 24.3 Å². The van der Waals surface area contributed by atoms with Crippen molar-refractivity contribution in [1.29, 1.82) is 0 Å². The van der Waals surface area contributed by atoms with Gasteiger partial charge in [0, 0.05) is 13.0 Å². The molecule has 1 N–H and O–H groups in total. The highest BCUT2D eigenvalue weighted by Crippen LogP contribution is 2.28. The topological polar surface area (TPSA) is 64.6 Å². The molecule has 0 aromatic heterocycles. The van der Waals surface area contributed by atoms with Gasteiger partial charge in [0.1, 0.15) is 5.75 Å². The van der Waals surface area contributed by atoms with Gasteiger partial charge in [-0.3, -0.25) is 9.59 Å². The number of amides is 1. The first-order chi connectivity index (χ1) is 11.6. The van der Waals surface area contributed by atoms with Crippen molar-refractivity contribution in [2.45, 2.75) is 58.1 Å². The number of hydrogen-bond acceptors (Lipinski definition) is 4. The maximum atomic E-state index is 12.0. The molecule has 2 rings (SSSR count). The summed E-state index contributed by atoms with van der Waals surface area (Å²) in [6, 6.07) is 7.46. The van der Waals surface area contributed by atoms with Gasteiger partial charge in [0.2, 0.25) is 0 Å². The lowest BCUT2D eigenvalue weighted by atomic mass is 10.0. The van der Waals surface area contributed by atoms with Gasteiger partial charge in [-0.05, 0) is 37.0 Å². The molecule has 0 bridgehead atoms. The summed E-state index contributed by atoms with van der Waals surface area (Å²) in [7, 11) is 1.61. The minimum atomic E-state index is -0.765. The average Bonchev–Trinajstić information content (AvgIpc) is 3.11. The molecule has 1 aromatic rings. The second-order valence-electron chi connectivity index (χ2n) is 6.39. The van der Waals surface area contributed by atoms with Crippen molar-refractivity contribution in [2.75, 3.05) is 7.11 Å². The molecule has 0 heterocycles. The normalized spacial score (nSPS) is 15.8. The van der Waals surface area contributed by atoms with Crippen LogP contribution in [-0.2, 0) is 20.9 Å². The zero-order chi connectivity index (χ0) is 17.4. The van der Waals surface area contributed by atoms with E-state index < -0.39 is 6.10 Å². The minimum Gasteiger partial charge on any atom is -0.497 e. The lowest BCUT2D eigenvalue weighted by molar-refractivity contribution is -0.155. The van der Waals surface area contributed by atoms with E-state index in [4.69, 9.17) is 9.47 Å². The van der Waals surface area contributed by atoms with Crippen LogP contribution in [0.1, 0.15) is 51.0 Å². The molecular weight excluding hydrogens is 306 g/mol. The number of methoxy groups -OCH3 is 1. The van der Waals surface area contributed by atoms with E-state index in [0.717, 1.165) is 17.7 Å². The van der Waals surface area contributed by atoms with Crippen molar-refractivity contribution in [3.63, 3.8) is 0 Å². The molecule has 0 unspecified atom stereocenters. The van der Waals surface area contributed by atoms with Gasteiger partial charge < -0.3 is 14.8 Å². The van der Waals surface area contributed by atoms with E-state index in [1.165, 1.54) is 25.7 Å². The second-order valence-corrected chi connectivity index (χ2v) is 6.39. The van der Waals surface area contributed by atoms with Gasteiger partial charge >= 0.3 is 5.97 Å². The van der Waals surface area contributed by atoms with Crippen LogP contribution in [0.4, 0.5) is 0 Å². The lowest BCUT2D eigenvalue weighted by Crippen LogP contribution is -2.35. The van der Waals surface area contributed by atoms with Crippen LogP contribution in [0.15, 0.2) is 24.3 Å². The number of nitrogens with one attached hydrogen (secondary N) is 1. The van der Waals surface area contributed by atoms with E-state index in [9.17, 15) is 9.59 Å². The molecule has 1 aromatic carbocycles. The predicted octanol–water partition coefficient (Wildman–Crippen LogP) is 3.21. The zero-order valence-corrected chi connectivity index (χ0v) is 14.5. The van der Waals surface area contributed by atoms with Crippen molar-refractivity contribution < 1.29 is 19.1 Å². The van der Waals surface area contributed by atoms with Crippen LogP contribution in [0.3, 0.4) is 0 Å². The van der Waals surface area contributed by atoms with Crippen LogP contribution in [0, 0.1) is 5.92 Å². The van der Waals surface area contributed by atoms with Crippen molar-refractivity contribution in [2.24, 2.45) is 5.92 Å². The molecule has 5 heteroatoms. The van der Waals surface area contributed by atoms with Gasteiger partial charge in [-0.15, -0.1) is 0 Å². The highest BCUT2D eigenvalue weighted by molar-refractivity contribution is 5.83. The summed E-state index contributed by atoms with van der Waals surface area (Å²) in [6.07, 6.45) is 5.48. The van der Waals surface area contributed by atoms with E-state index in [1.54, 1.807) is 14.0 Å². The lowest BCUT2D eigenvalue weighted by Gasteiger charge is -2.14. The maximum Gasteiger partial charge on any atom is 0.306 e. The molecule has 1 amide bonds. The molecular formula is C19H27NO4. The van der Waals surface area contributed by atoms with Crippen molar-refractivity contribution in [3.05, 3.63) is 29.8 Å². The number of hydrogen-bond donors (Lipinski definition) is 1.